The smallest absolute Gasteiger partial charge is 0.128 e. The molecule has 0 radical (unpaired) electrons. The molecule has 5 heteroatoms. The minimum absolute atomic E-state index is 0.741. The van der Waals surface area contributed by atoms with Crippen LogP contribution in [-0.2, 0) is 0 Å². The van der Waals surface area contributed by atoms with Crippen LogP contribution >= 0.6 is 23.1 Å². The van der Waals surface area contributed by atoms with E-state index in [0.717, 1.165) is 50.9 Å². The van der Waals surface area contributed by atoms with Crippen LogP contribution in [0.5, 0.6) is 0 Å². The Morgan fingerprint density at radius 3 is 2.62 bits per heavy atom. The molecule has 0 bridgehead atoms. The van der Waals surface area contributed by atoms with Crippen LogP contribution in [0, 0.1) is 0 Å². The average Bonchev–Trinajstić information content (AvgIpc) is 3.16. The maximum Gasteiger partial charge on any atom is 0.128 e. The van der Waals surface area contributed by atoms with Crippen molar-refractivity contribution < 1.29 is 0 Å². The zero-order chi connectivity index (χ0) is 14.2. The second-order valence-corrected chi connectivity index (χ2v) is 6.15. The van der Waals surface area contributed by atoms with Crippen LogP contribution in [0.15, 0.2) is 47.5 Å². The number of nitrogens with one attached hydrogen (secondary N) is 1. The van der Waals surface area contributed by atoms with E-state index in [1.54, 1.807) is 0 Å². The maximum absolute atomic E-state index is 6.10. The molecule has 0 saturated heterocycles. The van der Waals surface area contributed by atoms with Crippen molar-refractivity contribution >= 4 is 39.1 Å². The monoisotopic (exact) mass is 313 g/mol. The number of hydrogen-bond acceptors (Lipinski definition) is 4. The summed E-state index contributed by atoms with van der Waals surface area (Å²) in [6, 6.07) is 14.3. The van der Waals surface area contributed by atoms with Gasteiger partial charge in [0.1, 0.15) is 5.84 Å². The lowest BCUT2D eigenvalue weighted by atomic mass is 10.1. The van der Waals surface area contributed by atoms with E-state index in [1.807, 2.05) is 18.2 Å². The van der Waals surface area contributed by atoms with E-state index < -0.39 is 0 Å². The molecule has 1 N–H and O–H groups in total. The molecule has 4 rings (SSSR count). The second-order valence-electron chi connectivity index (χ2n) is 4.91. The molecule has 104 valence electrons. The Balaban J connectivity index is 1.76. The molecule has 0 unspecified atom stereocenters. The van der Waals surface area contributed by atoms with Gasteiger partial charge in [-0.25, -0.2) is 0 Å². The molecular weight excluding hydrogens is 302 g/mol. The third-order valence-corrected chi connectivity index (χ3v) is 4.60. The van der Waals surface area contributed by atoms with Gasteiger partial charge in [-0.1, -0.05) is 35.9 Å². The predicted molar refractivity (Wildman–Crippen MR) is 89.5 cm³/mol. The van der Waals surface area contributed by atoms with Gasteiger partial charge >= 0.3 is 0 Å². The third kappa shape index (κ3) is 2.30. The fourth-order valence-corrected chi connectivity index (χ4v) is 3.44. The van der Waals surface area contributed by atoms with Gasteiger partial charge in [0.2, 0.25) is 0 Å². The van der Waals surface area contributed by atoms with Crippen LogP contribution in [0.4, 0.5) is 0 Å². The maximum atomic E-state index is 6.10. The van der Waals surface area contributed by atoms with Crippen molar-refractivity contribution in [2.75, 3.05) is 13.1 Å². The van der Waals surface area contributed by atoms with Gasteiger partial charge in [-0.2, -0.15) is 4.37 Å². The lowest BCUT2D eigenvalue weighted by Gasteiger charge is -2.04. The highest BCUT2D eigenvalue weighted by Crippen LogP contribution is 2.32. The van der Waals surface area contributed by atoms with Crippen LogP contribution in [0.3, 0.4) is 0 Å². The number of hydrogen-bond donors (Lipinski definition) is 1. The number of benzene rings is 2. The Morgan fingerprint density at radius 1 is 1.05 bits per heavy atom. The number of amidine groups is 1. The molecule has 1 aliphatic heterocycles. The fraction of sp³-hybridized carbons (Fsp3) is 0.125. The lowest BCUT2D eigenvalue weighted by molar-refractivity contribution is 0.960. The molecule has 3 aromatic rings. The van der Waals surface area contributed by atoms with Crippen LogP contribution in [0.2, 0.25) is 5.02 Å². The standard InChI is InChI=1S/C16H12ClN3S/c17-12-5-6-14-13(9-12)15(20-21-14)10-1-3-11(4-2-10)16-18-7-8-19-16/h1-6,9H,7-8H2,(H,18,19). The second kappa shape index (κ2) is 5.13. The van der Waals surface area contributed by atoms with Crippen LogP contribution < -0.4 is 5.32 Å². The summed E-state index contributed by atoms with van der Waals surface area (Å²) in [5.74, 6) is 0.979. The Hall–Kier alpha value is -1.91. The molecule has 2 aromatic carbocycles. The summed E-state index contributed by atoms with van der Waals surface area (Å²) in [4.78, 5) is 4.43. The summed E-state index contributed by atoms with van der Waals surface area (Å²) in [7, 11) is 0. The van der Waals surface area contributed by atoms with Gasteiger partial charge in [-0.15, -0.1) is 0 Å². The quantitative estimate of drug-likeness (QED) is 0.777. The van der Waals surface area contributed by atoms with Crippen molar-refractivity contribution in [1.82, 2.24) is 9.69 Å². The first kappa shape index (κ1) is 12.8. The molecule has 0 fully saturated rings. The molecule has 2 heterocycles. The summed E-state index contributed by atoms with van der Waals surface area (Å²) in [5.41, 5.74) is 3.21. The van der Waals surface area contributed by atoms with E-state index in [1.165, 1.54) is 11.5 Å². The summed E-state index contributed by atoms with van der Waals surface area (Å²) in [6.45, 7) is 1.78. The lowest BCUT2D eigenvalue weighted by Crippen LogP contribution is -2.19. The Kier molecular flexibility index (Phi) is 3.13. The van der Waals surface area contributed by atoms with E-state index in [0.29, 0.717) is 0 Å². The number of aromatic nitrogens is 1. The normalized spacial score (nSPS) is 14.2. The zero-order valence-corrected chi connectivity index (χ0v) is 12.7. The van der Waals surface area contributed by atoms with Crippen molar-refractivity contribution in [3.05, 3.63) is 53.1 Å². The molecule has 1 aliphatic rings. The molecule has 0 amide bonds. The van der Waals surface area contributed by atoms with E-state index >= 15 is 0 Å². The van der Waals surface area contributed by atoms with Gasteiger partial charge in [-0.3, -0.25) is 4.99 Å². The highest BCUT2D eigenvalue weighted by molar-refractivity contribution is 7.13. The van der Waals surface area contributed by atoms with Gasteiger partial charge in [-0.05, 0) is 29.7 Å². The van der Waals surface area contributed by atoms with E-state index in [9.17, 15) is 0 Å². The number of nitrogens with zero attached hydrogens (tertiary/aromatic N) is 2. The van der Waals surface area contributed by atoms with Crippen molar-refractivity contribution in [1.29, 1.82) is 0 Å². The summed E-state index contributed by atoms with van der Waals surface area (Å²) in [5, 5.41) is 5.13. The number of aliphatic imine (C=N–C) groups is 1. The molecule has 0 spiro atoms. The van der Waals surface area contributed by atoms with E-state index in [4.69, 9.17) is 11.6 Å². The van der Waals surface area contributed by atoms with Crippen molar-refractivity contribution in [2.24, 2.45) is 4.99 Å². The molecule has 21 heavy (non-hydrogen) atoms. The van der Waals surface area contributed by atoms with E-state index in [-0.39, 0.29) is 0 Å². The van der Waals surface area contributed by atoms with Gasteiger partial charge in [0, 0.05) is 28.1 Å². The molecule has 0 saturated carbocycles. The Morgan fingerprint density at radius 2 is 1.86 bits per heavy atom. The first-order chi connectivity index (χ1) is 10.3. The topological polar surface area (TPSA) is 37.3 Å². The van der Waals surface area contributed by atoms with Gasteiger partial charge in [0.05, 0.1) is 16.9 Å². The molecule has 0 aliphatic carbocycles. The minimum Gasteiger partial charge on any atom is -0.368 e. The molecule has 1 aromatic heterocycles. The summed E-state index contributed by atoms with van der Waals surface area (Å²) < 4.78 is 5.72. The molecule has 3 nitrogen and oxygen atoms in total. The first-order valence-electron chi connectivity index (χ1n) is 6.75. The highest BCUT2D eigenvalue weighted by atomic mass is 35.5. The average molecular weight is 314 g/mol. The first-order valence-corrected chi connectivity index (χ1v) is 7.90. The van der Waals surface area contributed by atoms with E-state index in [2.05, 4.69) is 38.9 Å². The van der Waals surface area contributed by atoms with Crippen LogP contribution in [-0.4, -0.2) is 23.3 Å². The minimum atomic E-state index is 0.741. The van der Waals surface area contributed by atoms with Gasteiger partial charge < -0.3 is 5.32 Å². The molecule has 0 atom stereocenters. The van der Waals surface area contributed by atoms with Crippen molar-refractivity contribution in [3.63, 3.8) is 0 Å². The van der Waals surface area contributed by atoms with Gasteiger partial charge in [0.25, 0.3) is 0 Å². The fourth-order valence-electron chi connectivity index (χ4n) is 2.50. The predicted octanol–water partition coefficient (Wildman–Crippen LogP) is 3.97. The summed E-state index contributed by atoms with van der Waals surface area (Å²) in [6.07, 6.45) is 0. The number of halogens is 1. The SMILES string of the molecule is Clc1ccc2snc(-c3ccc(C4=NCCN4)cc3)c2c1. The van der Waals surface area contributed by atoms with Gasteiger partial charge in [0.15, 0.2) is 0 Å². The number of fused-ring (bicyclic) bond motifs is 1. The number of rotatable bonds is 2. The highest BCUT2D eigenvalue weighted by Gasteiger charge is 2.11. The zero-order valence-electron chi connectivity index (χ0n) is 11.1. The molecular formula is C16H12ClN3S. The van der Waals surface area contributed by atoms with Crippen molar-refractivity contribution in [3.8, 4) is 11.3 Å². The Bertz CT molecular complexity index is 836. The summed E-state index contributed by atoms with van der Waals surface area (Å²) >= 11 is 7.60. The largest absolute Gasteiger partial charge is 0.368 e. The Labute approximate surface area is 131 Å². The van der Waals surface area contributed by atoms with Crippen molar-refractivity contribution in [2.45, 2.75) is 0 Å². The van der Waals surface area contributed by atoms with Crippen LogP contribution in [0.25, 0.3) is 21.3 Å². The third-order valence-electron chi connectivity index (χ3n) is 3.54. The van der Waals surface area contributed by atoms with Crippen LogP contribution in [0.1, 0.15) is 5.56 Å².